The van der Waals surface area contributed by atoms with Crippen LogP contribution < -0.4 is 10.1 Å². The lowest BCUT2D eigenvalue weighted by Crippen LogP contribution is -2.24. The van der Waals surface area contributed by atoms with Gasteiger partial charge in [0, 0.05) is 18.2 Å². The number of nitrogens with one attached hydrogen (secondary N) is 1. The first-order valence-electron chi connectivity index (χ1n) is 8.32. The third-order valence-electron chi connectivity index (χ3n) is 4.10. The molecule has 1 amide bonds. The van der Waals surface area contributed by atoms with E-state index in [1.807, 2.05) is 19.1 Å². The van der Waals surface area contributed by atoms with Crippen molar-refractivity contribution >= 4 is 15.7 Å². The van der Waals surface area contributed by atoms with E-state index >= 15 is 0 Å². The van der Waals surface area contributed by atoms with Crippen LogP contribution in [-0.2, 0) is 9.84 Å². The SMILES string of the molecule is CCOc1cc(C2CCCC2)ccc1C(=O)NCC=CS(C)(=O)=O. The lowest BCUT2D eigenvalue weighted by molar-refractivity contribution is 0.0954. The highest BCUT2D eigenvalue weighted by atomic mass is 32.2. The molecule has 0 saturated heterocycles. The normalized spacial score (nSPS) is 15.8. The van der Waals surface area contributed by atoms with Gasteiger partial charge in [0.15, 0.2) is 9.84 Å². The second-order valence-corrected chi connectivity index (χ2v) is 8.01. The summed E-state index contributed by atoms with van der Waals surface area (Å²) in [5.41, 5.74) is 1.70. The number of benzene rings is 1. The molecule has 1 N–H and O–H groups in total. The zero-order chi connectivity index (χ0) is 17.6. The van der Waals surface area contributed by atoms with Crippen LogP contribution in [0.15, 0.2) is 29.7 Å². The second-order valence-electron chi connectivity index (χ2n) is 6.08. The van der Waals surface area contributed by atoms with Crippen molar-refractivity contribution in [2.45, 2.75) is 38.5 Å². The summed E-state index contributed by atoms with van der Waals surface area (Å²) in [6.45, 7) is 2.53. The third-order valence-corrected chi connectivity index (χ3v) is 4.79. The molecule has 2 rings (SSSR count). The van der Waals surface area contributed by atoms with E-state index in [0.717, 1.165) is 11.7 Å². The van der Waals surface area contributed by atoms with E-state index in [0.29, 0.717) is 23.8 Å². The van der Waals surface area contributed by atoms with Crippen molar-refractivity contribution in [1.82, 2.24) is 5.32 Å². The van der Waals surface area contributed by atoms with Crippen LogP contribution in [0.1, 0.15) is 54.4 Å². The van der Waals surface area contributed by atoms with E-state index in [1.165, 1.54) is 37.3 Å². The average molecular weight is 351 g/mol. The minimum absolute atomic E-state index is 0.155. The summed E-state index contributed by atoms with van der Waals surface area (Å²) < 4.78 is 27.7. The highest BCUT2D eigenvalue weighted by molar-refractivity contribution is 7.93. The molecule has 1 aromatic carbocycles. The van der Waals surface area contributed by atoms with E-state index in [-0.39, 0.29) is 12.5 Å². The Balaban J connectivity index is 2.09. The van der Waals surface area contributed by atoms with Gasteiger partial charge in [0.25, 0.3) is 5.91 Å². The number of carbonyl (C=O) groups is 1. The Morgan fingerprint density at radius 3 is 2.67 bits per heavy atom. The highest BCUT2D eigenvalue weighted by Crippen LogP contribution is 2.36. The summed E-state index contributed by atoms with van der Waals surface area (Å²) in [7, 11) is -3.18. The largest absolute Gasteiger partial charge is 0.493 e. The lowest BCUT2D eigenvalue weighted by atomic mass is 9.96. The van der Waals surface area contributed by atoms with Gasteiger partial charge in [0.05, 0.1) is 12.2 Å². The Kier molecular flexibility index (Phi) is 6.43. The van der Waals surface area contributed by atoms with Crippen molar-refractivity contribution in [2.24, 2.45) is 0 Å². The first kappa shape index (κ1) is 18.5. The number of ether oxygens (including phenoxy) is 1. The molecule has 0 atom stereocenters. The molecule has 0 bridgehead atoms. The van der Waals surface area contributed by atoms with Crippen LogP contribution >= 0.6 is 0 Å². The fourth-order valence-electron chi connectivity index (χ4n) is 2.98. The molecular weight excluding hydrogens is 326 g/mol. The van der Waals surface area contributed by atoms with Gasteiger partial charge >= 0.3 is 0 Å². The zero-order valence-corrected chi connectivity index (χ0v) is 15.1. The van der Waals surface area contributed by atoms with Gasteiger partial charge in [-0.3, -0.25) is 4.79 Å². The molecule has 5 nitrogen and oxygen atoms in total. The van der Waals surface area contributed by atoms with Gasteiger partial charge in [-0.1, -0.05) is 25.0 Å². The van der Waals surface area contributed by atoms with Crippen molar-refractivity contribution < 1.29 is 17.9 Å². The third kappa shape index (κ3) is 5.37. The summed E-state index contributed by atoms with van der Waals surface area (Å²) in [6.07, 6.45) is 7.41. The topological polar surface area (TPSA) is 72.5 Å². The fraction of sp³-hybridized carbons (Fsp3) is 0.500. The number of hydrogen-bond acceptors (Lipinski definition) is 4. The van der Waals surface area contributed by atoms with Crippen LogP contribution in [0, 0.1) is 0 Å². The predicted molar refractivity (Wildman–Crippen MR) is 95.1 cm³/mol. The zero-order valence-electron chi connectivity index (χ0n) is 14.2. The summed E-state index contributed by atoms with van der Waals surface area (Å²) in [6, 6.07) is 5.77. The predicted octanol–water partition coefficient (Wildman–Crippen LogP) is 3.03. The molecular formula is C18H25NO4S. The second kappa shape index (κ2) is 8.33. The Morgan fingerprint density at radius 1 is 1.33 bits per heavy atom. The Hall–Kier alpha value is -1.82. The molecule has 1 aliphatic rings. The molecule has 0 heterocycles. The number of amides is 1. The highest BCUT2D eigenvalue weighted by Gasteiger charge is 2.20. The minimum Gasteiger partial charge on any atom is -0.493 e. The summed E-state index contributed by atoms with van der Waals surface area (Å²) in [5.74, 6) is 0.875. The molecule has 1 aromatic rings. The van der Waals surface area contributed by atoms with Crippen molar-refractivity contribution in [3.05, 3.63) is 40.8 Å². The van der Waals surface area contributed by atoms with Gasteiger partial charge in [-0.05, 0) is 43.4 Å². The van der Waals surface area contributed by atoms with Gasteiger partial charge in [-0.2, -0.15) is 0 Å². The maximum absolute atomic E-state index is 12.3. The smallest absolute Gasteiger partial charge is 0.255 e. The average Bonchev–Trinajstić information content (AvgIpc) is 3.05. The van der Waals surface area contributed by atoms with Gasteiger partial charge in [-0.15, -0.1) is 0 Å². The molecule has 24 heavy (non-hydrogen) atoms. The van der Waals surface area contributed by atoms with E-state index < -0.39 is 9.84 Å². The van der Waals surface area contributed by atoms with Gasteiger partial charge in [0.2, 0.25) is 0 Å². The van der Waals surface area contributed by atoms with E-state index in [9.17, 15) is 13.2 Å². The van der Waals surface area contributed by atoms with E-state index in [1.54, 1.807) is 6.07 Å². The standard InChI is InChI=1S/C18H25NO4S/c1-3-23-17-13-15(14-7-4-5-8-14)9-10-16(17)18(20)19-11-6-12-24(2,21)22/h6,9-10,12-14H,3-5,7-8,11H2,1-2H3,(H,19,20). The molecule has 0 aliphatic heterocycles. The summed E-state index contributed by atoms with van der Waals surface area (Å²) in [4.78, 5) is 12.3. The summed E-state index contributed by atoms with van der Waals surface area (Å²) >= 11 is 0. The number of sulfone groups is 1. The monoisotopic (exact) mass is 351 g/mol. The first-order valence-corrected chi connectivity index (χ1v) is 10.3. The molecule has 6 heteroatoms. The number of carbonyl (C=O) groups excluding carboxylic acids is 1. The van der Waals surface area contributed by atoms with Crippen molar-refractivity contribution in [1.29, 1.82) is 0 Å². The van der Waals surface area contributed by atoms with Crippen LogP contribution in [0.3, 0.4) is 0 Å². The molecule has 1 fully saturated rings. The minimum atomic E-state index is -3.18. The molecule has 1 saturated carbocycles. The van der Waals surface area contributed by atoms with Crippen LogP contribution in [0.5, 0.6) is 5.75 Å². The molecule has 0 aromatic heterocycles. The fourth-order valence-corrected chi connectivity index (χ4v) is 3.43. The maximum atomic E-state index is 12.3. The Bertz CT molecular complexity index is 704. The van der Waals surface area contributed by atoms with Crippen LogP contribution in [-0.4, -0.2) is 33.7 Å². The summed E-state index contributed by atoms with van der Waals surface area (Å²) in [5, 5.41) is 3.77. The van der Waals surface area contributed by atoms with Crippen molar-refractivity contribution in [3.8, 4) is 5.75 Å². The quantitative estimate of drug-likeness (QED) is 0.819. The van der Waals surface area contributed by atoms with Crippen molar-refractivity contribution in [2.75, 3.05) is 19.4 Å². The van der Waals surface area contributed by atoms with E-state index in [2.05, 4.69) is 5.32 Å². The molecule has 1 aliphatic carbocycles. The van der Waals surface area contributed by atoms with Gasteiger partial charge < -0.3 is 10.1 Å². The number of hydrogen-bond donors (Lipinski definition) is 1. The number of rotatable bonds is 7. The van der Waals surface area contributed by atoms with Gasteiger partial charge in [0.1, 0.15) is 5.75 Å². The Labute approximate surface area is 144 Å². The van der Waals surface area contributed by atoms with Gasteiger partial charge in [-0.25, -0.2) is 8.42 Å². The molecule has 0 radical (unpaired) electrons. The maximum Gasteiger partial charge on any atom is 0.255 e. The molecule has 0 spiro atoms. The molecule has 132 valence electrons. The Morgan fingerprint density at radius 2 is 2.04 bits per heavy atom. The van der Waals surface area contributed by atoms with Crippen LogP contribution in [0.4, 0.5) is 0 Å². The lowest BCUT2D eigenvalue weighted by Gasteiger charge is -2.15. The first-order chi connectivity index (χ1) is 11.4. The van der Waals surface area contributed by atoms with Crippen molar-refractivity contribution in [3.63, 3.8) is 0 Å². The van der Waals surface area contributed by atoms with Crippen LogP contribution in [0.25, 0.3) is 0 Å². The van der Waals surface area contributed by atoms with Crippen LogP contribution in [0.2, 0.25) is 0 Å². The van der Waals surface area contributed by atoms with E-state index in [4.69, 9.17) is 4.74 Å². The molecule has 0 unspecified atom stereocenters.